The predicted octanol–water partition coefficient (Wildman–Crippen LogP) is 3.59. The molecule has 1 aromatic heterocycles. The summed E-state index contributed by atoms with van der Waals surface area (Å²) in [5, 5.41) is 6.93. The highest BCUT2D eigenvalue weighted by atomic mass is 32.2. The largest absolute Gasteiger partial charge is 0.415 e. The van der Waals surface area contributed by atoms with Gasteiger partial charge >= 0.3 is 6.43 Å². The van der Waals surface area contributed by atoms with E-state index in [0.717, 1.165) is 24.2 Å². The minimum absolute atomic E-state index is 0.0143. The second kappa shape index (κ2) is 7.77. The van der Waals surface area contributed by atoms with E-state index in [4.69, 9.17) is 4.42 Å². The Balaban J connectivity index is 1.58. The number of hydrogen-bond donors (Lipinski definition) is 0. The van der Waals surface area contributed by atoms with Crippen LogP contribution in [0.1, 0.15) is 29.0 Å². The Kier molecular flexibility index (Phi) is 5.29. The molecule has 0 atom stereocenters. The number of rotatable bonds is 6. The van der Waals surface area contributed by atoms with Gasteiger partial charge < -0.3 is 4.42 Å². The molecule has 4 rings (SSSR count). The molecule has 1 aliphatic rings. The number of alkyl halides is 2. The van der Waals surface area contributed by atoms with E-state index in [-0.39, 0.29) is 12.4 Å². The van der Waals surface area contributed by atoms with Gasteiger partial charge in [-0.3, -0.25) is 9.21 Å². The van der Waals surface area contributed by atoms with Crippen molar-refractivity contribution in [2.24, 2.45) is 0 Å². The third-order valence-corrected chi connectivity index (χ3v) is 6.05. The van der Waals surface area contributed by atoms with Crippen molar-refractivity contribution in [3.63, 3.8) is 0 Å². The maximum absolute atomic E-state index is 12.6. The summed E-state index contributed by atoms with van der Waals surface area (Å²) in [6.45, 7) is 1.76. The summed E-state index contributed by atoms with van der Waals surface area (Å²) in [5.41, 5.74) is 4.13. The number of halogens is 2. The molecule has 7 nitrogen and oxygen atoms in total. The van der Waals surface area contributed by atoms with Crippen LogP contribution in [0.3, 0.4) is 0 Å². The summed E-state index contributed by atoms with van der Waals surface area (Å²) in [4.78, 5) is 2.16. The Bertz CT molecular complexity index is 1160. The first-order valence-corrected chi connectivity index (χ1v) is 11.0. The van der Waals surface area contributed by atoms with Gasteiger partial charge in [0, 0.05) is 18.7 Å². The van der Waals surface area contributed by atoms with E-state index in [0.29, 0.717) is 11.3 Å². The van der Waals surface area contributed by atoms with Crippen LogP contribution in [0.25, 0.3) is 11.5 Å². The molecule has 2 aromatic carbocycles. The van der Waals surface area contributed by atoms with Crippen LogP contribution < -0.4 is 4.31 Å². The van der Waals surface area contributed by atoms with Gasteiger partial charge in [0.2, 0.25) is 15.9 Å². The van der Waals surface area contributed by atoms with Gasteiger partial charge in [-0.25, -0.2) is 8.42 Å². The summed E-state index contributed by atoms with van der Waals surface area (Å²) in [6.07, 6.45) is -1.66. The fraction of sp³-hybridized carbons (Fsp3) is 0.300. The molecule has 1 aliphatic heterocycles. The van der Waals surface area contributed by atoms with Crippen LogP contribution in [0.2, 0.25) is 0 Å². The highest BCUT2D eigenvalue weighted by molar-refractivity contribution is 7.92. The number of benzene rings is 2. The third kappa shape index (κ3) is 4.19. The molecule has 0 amide bonds. The zero-order valence-corrected chi connectivity index (χ0v) is 17.2. The summed E-state index contributed by atoms with van der Waals surface area (Å²) in [7, 11) is -1.50. The standard InChI is InChI=1S/C20H20F2N4O3S/c1-25-11-15-7-8-17(9-16(15)12-25)26(30(2,27)28)10-13-3-5-14(6-4-13)19-23-24-20(29-19)18(21)22/h3-9,18H,10-12H2,1-2H3. The lowest BCUT2D eigenvalue weighted by atomic mass is 10.1. The molecule has 30 heavy (non-hydrogen) atoms. The minimum atomic E-state index is -3.52. The van der Waals surface area contributed by atoms with Crippen LogP contribution in [0.5, 0.6) is 0 Å². The number of fused-ring (bicyclic) bond motifs is 1. The topological polar surface area (TPSA) is 79.5 Å². The van der Waals surface area contributed by atoms with E-state index < -0.39 is 22.3 Å². The second-order valence-corrected chi connectivity index (χ2v) is 9.24. The highest BCUT2D eigenvalue weighted by Gasteiger charge is 2.22. The van der Waals surface area contributed by atoms with Gasteiger partial charge in [0.1, 0.15) is 0 Å². The highest BCUT2D eigenvalue weighted by Crippen LogP contribution is 2.29. The van der Waals surface area contributed by atoms with E-state index in [1.165, 1.54) is 16.1 Å². The SMILES string of the molecule is CN1Cc2ccc(N(Cc3ccc(-c4nnc(C(F)F)o4)cc3)S(C)(=O)=O)cc2C1. The van der Waals surface area contributed by atoms with Crippen molar-refractivity contribution in [1.29, 1.82) is 0 Å². The third-order valence-electron chi connectivity index (χ3n) is 4.91. The Morgan fingerprint density at radius 3 is 2.43 bits per heavy atom. The van der Waals surface area contributed by atoms with Crippen LogP contribution in [-0.2, 0) is 29.7 Å². The van der Waals surface area contributed by atoms with Gasteiger partial charge in [-0.15, -0.1) is 10.2 Å². The lowest BCUT2D eigenvalue weighted by Crippen LogP contribution is -2.29. The van der Waals surface area contributed by atoms with E-state index in [1.54, 1.807) is 24.3 Å². The van der Waals surface area contributed by atoms with Gasteiger partial charge in [-0.05, 0) is 48.0 Å². The van der Waals surface area contributed by atoms with Gasteiger partial charge in [0.25, 0.3) is 5.89 Å². The van der Waals surface area contributed by atoms with Crippen molar-refractivity contribution < 1.29 is 21.6 Å². The predicted molar refractivity (Wildman–Crippen MR) is 107 cm³/mol. The molecule has 10 heteroatoms. The lowest BCUT2D eigenvalue weighted by molar-refractivity contribution is 0.116. The molecule has 0 radical (unpaired) electrons. The molecule has 3 aromatic rings. The Morgan fingerprint density at radius 2 is 1.80 bits per heavy atom. The molecule has 0 fully saturated rings. The number of nitrogens with zero attached hydrogens (tertiary/aromatic N) is 4. The maximum atomic E-state index is 12.6. The van der Waals surface area contributed by atoms with E-state index in [2.05, 4.69) is 15.1 Å². The summed E-state index contributed by atoms with van der Waals surface area (Å²) in [5.74, 6) is -0.751. The maximum Gasteiger partial charge on any atom is 0.314 e. The molecule has 2 heterocycles. The van der Waals surface area contributed by atoms with Crippen LogP contribution in [0.4, 0.5) is 14.5 Å². The first kappa shape index (κ1) is 20.4. The summed E-state index contributed by atoms with van der Waals surface area (Å²) < 4.78 is 56.5. The molecule has 0 aliphatic carbocycles. The molecule has 0 unspecified atom stereocenters. The summed E-state index contributed by atoms with van der Waals surface area (Å²) in [6, 6.07) is 12.4. The van der Waals surface area contributed by atoms with Gasteiger partial charge in [-0.1, -0.05) is 18.2 Å². The first-order valence-electron chi connectivity index (χ1n) is 9.19. The Morgan fingerprint density at radius 1 is 1.10 bits per heavy atom. The molecule has 0 spiro atoms. The number of anilines is 1. The first-order chi connectivity index (χ1) is 14.2. The van der Waals surface area contributed by atoms with Crippen molar-refractivity contribution >= 4 is 15.7 Å². The molecule has 0 bridgehead atoms. The molecule has 0 saturated heterocycles. The fourth-order valence-corrected chi connectivity index (χ4v) is 4.34. The molecule has 0 N–H and O–H groups in total. The molecular weight excluding hydrogens is 414 g/mol. The minimum Gasteiger partial charge on any atom is -0.415 e. The fourth-order valence-electron chi connectivity index (χ4n) is 3.46. The Hall–Kier alpha value is -2.85. The number of hydrogen-bond acceptors (Lipinski definition) is 6. The van der Waals surface area contributed by atoms with Gasteiger partial charge in [0.15, 0.2) is 0 Å². The molecular formula is C20H20F2N4O3S. The summed E-state index contributed by atoms with van der Waals surface area (Å²) >= 11 is 0. The van der Waals surface area contributed by atoms with Crippen LogP contribution >= 0.6 is 0 Å². The lowest BCUT2D eigenvalue weighted by Gasteiger charge is -2.23. The van der Waals surface area contributed by atoms with Gasteiger partial charge in [0.05, 0.1) is 18.5 Å². The van der Waals surface area contributed by atoms with Crippen molar-refractivity contribution in [3.8, 4) is 11.5 Å². The average molecular weight is 434 g/mol. The van der Waals surface area contributed by atoms with Gasteiger partial charge in [-0.2, -0.15) is 8.78 Å². The van der Waals surface area contributed by atoms with E-state index in [9.17, 15) is 17.2 Å². The smallest absolute Gasteiger partial charge is 0.314 e. The van der Waals surface area contributed by atoms with Crippen molar-refractivity contribution in [1.82, 2.24) is 15.1 Å². The van der Waals surface area contributed by atoms with Crippen molar-refractivity contribution in [2.75, 3.05) is 17.6 Å². The zero-order valence-electron chi connectivity index (χ0n) is 16.4. The van der Waals surface area contributed by atoms with E-state index in [1.807, 2.05) is 25.2 Å². The van der Waals surface area contributed by atoms with E-state index >= 15 is 0 Å². The molecule has 0 saturated carbocycles. The van der Waals surface area contributed by atoms with Crippen LogP contribution in [0.15, 0.2) is 46.9 Å². The van der Waals surface area contributed by atoms with Crippen LogP contribution in [-0.4, -0.2) is 36.8 Å². The average Bonchev–Trinajstić information content (AvgIpc) is 3.31. The molecule has 158 valence electrons. The Labute approximate surface area is 173 Å². The quantitative estimate of drug-likeness (QED) is 0.590. The number of sulfonamides is 1. The normalized spacial score (nSPS) is 14.3. The van der Waals surface area contributed by atoms with Crippen molar-refractivity contribution in [2.45, 2.75) is 26.1 Å². The second-order valence-electron chi connectivity index (χ2n) is 7.34. The van der Waals surface area contributed by atoms with Crippen molar-refractivity contribution in [3.05, 3.63) is 65.0 Å². The van der Waals surface area contributed by atoms with Crippen LogP contribution in [0, 0.1) is 0 Å². The zero-order chi connectivity index (χ0) is 21.5. The number of aromatic nitrogens is 2. The monoisotopic (exact) mass is 434 g/mol.